The second-order valence-electron chi connectivity index (χ2n) is 6.07. The van der Waals surface area contributed by atoms with E-state index in [4.69, 9.17) is 4.74 Å². The number of ether oxygens (including phenoxy) is 1. The third kappa shape index (κ3) is 4.94. The lowest BCUT2D eigenvalue weighted by molar-refractivity contribution is 0.323. The van der Waals surface area contributed by atoms with Crippen LogP contribution in [0.3, 0.4) is 0 Å². The summed E-state index contributed by atoms with van der Waals surface area (Å²) in [6.07, 6.45) is 5.19. The van der Waals surface area contributed by atoms with Gasteiger partial charge >= 0.3 is 0 Å². The van der Waals surface area contributed by atoms with Crippen LogP contribution in [0.5, 0.6) is 5.75 Å². The molecular formula is C19H26BrN3O. The molecule has 0 spiro atoms. The van der Waals surface area contributed by atoms with Crippen molar-refractivity contribution in [1.82, 2.24) is 9.97 Å². The van der Waals surface area contributed by atoms with Crippen molar-refractivity contribution in [2.24, 2.45) is 0 Å². The maximum Gasteiger partial charge on any atom is 0.146 e. The number of aromatic nitrogens is 2. The van der Waals surface area contributed by atoms with Crippen LogP contribution in [-0.2, 0) is 6.42 Å². The largest absolute Gasteiger partial charge is 0.491 e. The van der Waals surface area contributed by atoms with E-state index >= 15 is 0 Å². The van der Waals surface area contributed by atoms with Crippen molar-refractivity contribution in [3.63, 3.8) is 0 Å². The Balaban J connectivity index is 1.90. The van der Waals surface area contributed by atoms with Crippen LogP contribution in [-0.4, -0.2) is 30.2 Å². The fourth-order valence-electron chi connectivity index (χ4n) is 2.52. The molecule has 4 nitrogen and oxygen atoms in total. The van der Waals surface area contributed by atoms with E-state index in [1.54, 1.807) is 6.33 Å². The van der Waals surface area contributed by atoms with E-state index in [0.29, 0.717) is 6.61 Å². The molecule has 0 aliphatic rings. The Hall–Kier alpha value is -1.62. The summed E-state index contributed by atoms with van der Waals surface area (Å²) in [4.78, 5) is 10.6. The van der Waals surface area contributed by atoms with Crippen LogP contribution in [0.1, 0.15) is 36.6 Å². The molecule has 1 aromatic carbocycles. The molecule has 2 aromatic rings. The highest BCUT2D eigenvalue weighted by atomic mass is 79.9. The van der Waals surface area contributed by atoms with Crippen molar-refractivity contribution in [2.75, 3.05) is 25.1 Å². The second-order valence-corrected chi connectivity index (χ2v) is 6.86. The van der Waals surface area contributed by atoms with Crippen LogP contribution in [0.15, 0.2) is 29.0 Å². The van der Waals surface area contributed by atoms with Gasteiger partial charge in [0.1, 0.15) is 24.5 Å². The van der Waals surface area contributed by atoms with Gasteiger partial charge in [0, 0.05) is 7.05 Å². The normalized spacial score (nSPS) is 10.7. The first-order valence-electron chi connectivity index (χ1n) is 8.43. The lowest BCUT2D eigenvalue weighted by Crippen LogP contribution is -2.25. The summed E-state index contributed by atoms with van der Waals surface area (Å²) in [6, 6.07) is 6.50. The van der Waals surface area contributed by atoms with E-state index in [1.165, 1.54) is 24.0 Å². The standard InChI is InChI=1S/C19H26BrN3O/c1-5-6-7-16-8-9-17(14(2)12-16)24-11-10-23(4)19-18(20)15(3)21-13-22-19/h8-9,12-13H,5-7,10-11H2,1-4H3. The minimum atomic E-state index is 0.612. The van der Waals surface area contributed by atoms with E-state index in [9.17, 15) is 0 Å². The molecule has 2 rings (SSSR count). The van der Waals surface area contributed by atoms with E-state index in [2.05, 4.69) is 62.8 Å². The number of unbranched alkanes of at least 4 members (excludes halogenated alkanes) is 1. The summed E-state index contributed by atoms with van der Waals surface area (Å²) in [6.45, 7) is 7.66. The summed E-state index contributed by atoms with van der Waals surface area (Å²) in [5.74, 6) is 1.85. The average Bonchev–Trinajstić information content (AvgIpc) is 2.57. The Kier molecular flexibility index (Phi) is 7.03. The van der Waals surface area contributed by atoms with Gasteiger partial charge in [-0.15, -0.1) is 0 Å². The van der Waals surface area contributed by atoms with Crippen molar-refractivity contribution >= 4 is 21.7 Å². The molecule has 0 unspecified atom stereocenters. The molecule has 0 atom stereocenters. The van der Waals surface area contributed by atoms with Gasteiger partial charge in [-0.3, -0.25) is 0 Å². The van der Waals surface area contributed by atoms with Crippen molar-refractivity contribution in [3.05, 3.63) is 45.8 Å². The Morgan fingerprint density at radius 1 is 1.21 bits per heavy atom. The highest BCUT2D eigenvalue weighted by Gasteiger charge is 2.10. The average molecular weight is 392 g/mol. The fraction of sp³-hybridized carbons (Fsp3) is 0.474. The molecule has 0 aliphatic carbocycles. The SMILES string of the molecule is CCCCc1ccc(OCCN(C)c2ncnc(C)c2Br)c(C)c1. The molecule has 0 radical (unpaired) electrons. The van der Waals surface area contributed by atoms with E-state index in [-0.39, 0.29) is 0 Å². The molecule has 0 aliphatic heterocycles. The number of hydrogen-bond donors (Lipinski definition) is 0. The molecule has 0 fully saturated rings. The van der Waals surface area contributed by atoms with Gasteiger partial charge in [0.05, 0.1) is 16.7 Å². The Bertz CT molecular complexity index is 676. The number of benzene rings is 1. The van der Waals surface area contributed by atoms with Gasteiger partial charge < -0.3 is 9.64 Å². The molecule has 1 aromatic heterocycles. The number of likely N-dealkylation sites (N-methyl/N-ethyl adjacent to an activating group) is 1. The zero-order valence-electron chi connectivity index (χ0n) is 15.0. The quantitative estimate of drug-likeness (QED) is 0.652. The van der Waals surface area contributed by atoms with E-state index in [1.807, 2.05) is 14.0 Å². The Morgan fingerprint density at radius 2 is 2.00 bits per heavy atom. The minimum Gasteiger partial charge on any atom is -0.491 e. The van der Waals surface area contributed by atoms with Crippen LogP contribution in [0.4, 0.5) is 5.82 Å². The molecule has 0 saturated carbocycles. The molecule has 5 heteroatoms. The number of hydrogen-bond acceptors (Lipinski definition) is 4. The van der Waals surface area contributed by atoms with Crippen molar-refractivity contribution < 1.29 is 4.74 Å². The summed E-state index contributed by atoms with van der Waals surface area (Å²) < 4.78 is 6.89. The molecule has 24 heavy (non-hydrogen) atoms. The van der Waals surface area contributed by atoms with Gasteiger partial charge in [-0.1, -0.05) is 25.5 Å². The smallest absolute Gasteiger partial charge is 0.146 e. The summed E-state index contributed by atoms with van der Waals surface area (Å²) in [7, 11) is 2.01. The van der Waals surface area contributed by atoms with Crippen molar-refractivity contribution in [2.45, 2.75) is 40.0 Å². The van der Waals surface area contributed by atoms with E-state index < -0.39 is 0 Å². The first kappa shape index (κ1) is 18.7. The number of halogens is 1. The fourth-order valence-corrected chi connectivity index (χ4v) is 3.03. The van der Waals surface area contributed by atoms with Gasteiger partial charge in [-0.25, -0.2) is 9.97 Å². The molecule has 0 saturated heterocycles. The molecular weight excluding hydrogens is 366 g/mol. The van der Waals surface area contributed by atoms with Crippen LogP contribution >= 0.6 is 15.9 Å². The van der Waals surface area contributed by atoms with E-state index in [0.717, 1.165) is 34.7 Å². The zero-order chi connectivity index (χ0) is 17.5. The first-order chi connectivity index (χ1) is 11.5. The van der Waals surface area contributed by atoms with Crippen molar-refractivity contribution in [3.8, 4) is 5.75 Å². The topological polar surface area (TPSA) is 38.2 Å². The lowest BCUT2D eigenvalue weighted by Gasteiger charge is -2.20. The monoisotopic (exact) mass is 391 g/mol. The predicted molar refractivity (Wildman–Crippen MR) is 103 cm³/mol. The van der Waals surface area contributed by atoms with Crippen molar-refractivity contribution in [1.29, 1.82) is 0 Å². The number of rotatable bonds is 8. The predicted octanol–water partition coefficient (Wildman–Crippen LogP) is 4.71. The van der Waals surface area contributed by atoms with Gasteiger partial charge in [-0.2, -0.15) is 0 Å². The zero-order valence-corrected chi connectivity index (χ0v) is 16.6. The molecule has 130 valence electrons. The summed E-state index contributed by atoms with van der Waals surface area (Å²) >= 11 is 3.55. The third-order valence-electron chi connectivity index (χ3n) is 4.05. The van der Waals surface area contributed by atoms with Gasteiger partial charge in [0.25, 0.3) is 0 Å². The van der Waals surface area contributed by atoms with Gasteiger partial charge in [-0.05, 0) is 59.8 Å². The molecule has 0 amide bonds. The maximum absolute atomic E-state index is 5.96. The Morgan fingerprint density at radius 3 is 2.71 bits per heavy atom. The lowest BCUT2D eigenvalue weighted by atomic mass is 10.1. The third-order valence-corrected chi connectivity index (χ3v) is 4.98. The number of nitrogens with zero attached hydrogens (tertiary/aromatic N) is 3. The molecule has 1 heterocycles. The van der Waals surface area contributed by atoms with Gasteiger partial charge in [0.2, 0.25) is 0 Å². The minimum absolute atomic E-state index is 0.612. The highest BCUT2D eigenvalue weighted by Crippen LogP contribution is 2.25. The van der Waals surface area contributed by atoms with Crippen LogP contribution < -0.4 is 9.64 Å². The number of anilines is 1. The van der Waals surface area contributed by atoms with Crippen LogP contribution in [0.25, 0.3) is 0 Å². The second kappa shape index (κ2) is 9.02. The highest BCUT2D eigenvalue weighted by molar-refractivity contribution is 9.10. The summed E-state index contributed by atoms with van der Waals surface area (Å²) in [5, 5.41) is 0. The van der Waals surface area contributed by atoms with Crippen LogP contribution in [0, 0.1) is 13.8 Å². The molecule has 0 bridgehead atoms. The summed E-state index contributed by atoms with van der Waals surface area (Å²) in [5.41, 5.74) is 3.52. The van der Waals surface area contributed by atoms with Gasteiger partial charge in [0.15, 0.2) is 0 Å². The maximum atomic E-state index is 5.96. The first-order valence-corrected chi connectivity index (χ1v) is 9.22. The molecule has 0 N–H and O–H groups in total. The van der Waals surface area contributed by atoms with Crippen LogP contribution in [0.2, 0.25) is 0 Å². The Labute approximate surface area is 153 Å². The number of aryl methyl sites for hydroxylation is 3.